The number of sulfonamides is 1. The van der Waals surface area contributed by atoms with Crippen molar-refractivity contribution in [2.24, 2.45) is 5.92 Å². The normalized spacial score (nSPS) is 19.5. The van der Waals surface area contributed by atoms with Crippen molar-refractivity contribution < 1.29 is 8.42 Å². The summed E-state index contributed by atoms with van der Waals surface area (Å²) in [5.41, 5.74) is 0.989. The second-order valence-electron chi connectivity index (χ2n) is 7.30. The van der Waals surface area contributed by atoms with Gasteiger partial charge < -0.3 is 10.3 Å². The number of pyridine rings is 1. The Morgan fingerprint density at radius 3 is 2.63 bits per heavy atom. The van der Waals surface area contributed by atoms with E-state index in [0.717, 1.165) is 25.7 Å². The Hall–Kier alpha value is -3.16. The second-order valence-corrected chi connectivity index (χ2v) is 9.19. The number of rotatable bonds is 5. The molecule has 0 spiro atoms. The molecule has 1 aromatic carbocycles. The van der Waals surface area contributed by atoms with Crippen LogP contribution in [0.15, 0.2) is 46.2 Å². The molecule has 1 aliphatic carbocycles. The van der Waals surface area contributed by atoms with Crippen LogP contribution in [0.2, 0.25) is 0 Å². The van der Waals surface area contributed by atoms with E-state index >= 15 is 0 Å². The number of H-pyrrole nitrogens is 1. The number of aromatic amines is 1. The Bertz CT molecular complexity index is 1270. The Morgan fingerprint density at radius 1 is 1.20 bits per heavy atom. The molecule has 2 aromatic heterocycles. The Morgan fingerprint density at radius 2 is 1.93 bits per heavy atom. The van der Waals surface area contributed by atoms with Crippen LogP contribution in [-0.4, -0.2) is 30.2 Å². The standard InChI is InChI=1S/C20H22N6O3S/c1-22-30(28,29)15-8-6-14(7-9-15)24-19-18-17(10-11-23-20(18)27)26(25-19)16-5-3-2-4-13(16)12-21/h6-11,13,16,22H,2-5H2,1H3,(H,23,27)(H,24,25). The molecule has 0 amide bonds. The predicted octanol–water partition coefficient (Wildman–Crippen LogP) is 2.63. The Balaban J connectivity index is 1.75. The average Bonchev–Trinajstić information content (AvgIpc) is 3.13. The van der Waals surface area contributed by atoms with E-state index in [4.69, 9.17) is 0 Å². The van der Waals surface area contributed by atoms with Crippen molar-refractivity contribution >= 4 is 32.4 Å². The van der Waals surface area contributed by atoms with E-state index in [1.54, 1.807) is 29.1 Å². The molecule has 2 atom stereocenters. The van der Waals surface area contributed by atoms with Crippen molar-refractivity contribution in [3.8, 4) is 6.07 Å². The van der Waals surface area contributed by atoms with Crippen molar-refractivity contribution in [3.05, 3.63) is 46.9 Å². The van der Waals surface area contributed by atoms with Gasteiger partial charge in [0.15, 0.2) is 5.82 Å². The molecule has 3 aromatic rings. The lowest BCUT2D eigenvalue weighted by molar-refractivity contribution is 0.277. The first-order valence-corrected chi connectivity index (χ1v) is 11.2. The lowest BCUT2D eigenvalue weighted by atomic mass is 9.85. The summed E-state index contributed by atoms with van der Waals surface area (Å²) >= 11 is 0. The molecule has 0 radical (unpaired) electrons. The topological polar surface area (TPSA) is 133 Å². The van der Waals surface area contributed by atoms with E-state index in [1.165, 1.54) is 19.2 Å². The highest BCUT2D eigenvalue weighted by molar-refractivity contribution is 7.89. The smallest absolute Gasteiger partial charge is 0.261 e. The van der Waals surface area contributed by atoms with Crippen molar-refractivity contribution in [3.63, 3.8) is 0 Å². The number of nitrogens with one attached hydrogen (secondary N) is 3. The molecule has 0 aliphatic heterocycles. The van der Waals surface area contributed by atoms with Gasteiger partial charge in [0.05, 0.1) is 28.4 Å². The monoisotopic (exact) mass is 426 g/mol. The summed E-state index contributed by atoms with van der Waals surface area (Å²) < 4.78 is 27.9. The minimum Gasteiger partial charge on any atom is -0.338 e. The van der Waals surface area contributed by atoms with Crippen molar-refractivity contribution in [1.29, 1.82) is 5.26 Å². The number of nitriles is 1. The van der Waals surface area contributed by atoms with Gasteiger partial charge >= 0.3 is 0 Å². The van der Waals surface area contributed by atoms with Gasteiger partial charge in [-0.1, -0.05) is 12.8 Å². The van der Waals surface area contributed by atoms with Gasteiger partial charge in [-0.05, 0) is 50.2 Å². The molecule has 0 bridgehead atoms. The third-order valence-corrected chi connectivity index (χ3v) is 6.97. The number of benzene rings is 1. The summed E-state index contributed by atoms with van der Waals surface area (Å²) in [6, 6.07) is 10.3. The largest absolute Gasteiger partial charge is 0.338 e. The number of fused-ring (bicyclic) bond motifs is 1. The number of nitrogens with zero attached hydrogens (tertiary/aromatic N) is 3. The molecule has 156 valence electrons. The third kappa shape index (κ3) is 3.58. The first kappa shape index (κ1) is 20.1. The SMILES string of the molecule is CNS(=O)(=O)c1ccc(Nc2nn(C3CCCCC3C#N)c3cc[nH]c(=O)c23)cc1. The first-order valence-electron chi connectivity index (χ1n) is 9.75. The molecule has 2 heterocycles. The Kier molecular flexibility index (Phi) is 5.32. The predicted molar refractivity (Wildman–Crippen MR) is 113 cm³/mol. The molecule has 1 saturated carbocycles. The maximum Gasteiger partial charge on any atom is 0.261 e. The minimum atomic E-state index is -3.53. The van der Waals surface area contributed by atoms with Crippen LogP contribution < -0.4 is 15.6 Å². The molecular formula is C20H22N6O3S. The number of hydrogen-bond donors (Lipinski definition) is 3. The highest BCUT2D eigenvalue weighted by atomic mass is 32.2. The number of anilines is 2. The van der Waals surface area contributed by atoms with Gasteiger partial charge in [-0.3, -0.25) is 9.48 Å². The second kappa shape index (κ2) is 7.93. The van der Waals surface area contributed by atoms with Crippen LogP contribution in [0.25, 0.3) is 10.9 Å². The van der Waals surface area contributed by atoms with Gasteiger partial charge in [-0.25, -0.2) is 13.1 Å². The molecule has 2 unspecified atom stereocenters. The summed E-state index contributed by atoms with van der Waals surface area (Å²) in [6.07, 6.45) is 5.25. The highest BCUT2D eigenvalue weighted by Crippen LogP contribution is 2.36. The van der Waals surface area contributed by atoms with Crippen LogP contribution in [0.3, 0.4) is 0 Å². The van der Waals surface area contributed by atoms with Crippen LogP contribution >= 0.6 is 0 Å². The maximum atomic E-state index is 12.6. The summed E-state index contributed by atoms with van der Waals surface area (Å²) in [4.78, 5) is 15.4. The number of hydrogen-bond acceptors (Lipinski definition) is 6. The molecule has 3 N–H and O–H groups in total. The summed E-state index contributed by atoms with van der Waals surface area (Å²) in [5.74, 6) is 0.221. The zero-order chi connectivity index (χ0) is 21.3. The minimum absolute atomic E-state index is 0.0910. The quantitative estimate of drug-likeness (QED) is 0.574. The summed E-state index contributed by atoms with van der Waals surface area (Å²) in [6.45, 7) is 0. The molecule has 1 fully saturated rings. The van der Waals surface area contributed by atoms with Crippen LogP contribution in [0.5, 0.6) is 0 Å². The van der Waals surface area contributed by atoms with Gasteiger partial charge in [0, 0.05) is 11.9 Å². The summed E-state index contributed by atoms with van der Waals surface area (Å²) in [7, 11) is -2.18. The van der Waals surface area contributed by atoms with Crippen molar-refractivity contribution in [2.75, 3.05) is 12.4 Å². The maximum absolute atomic E-state index is 12.6. The van der Waals surface area contributed by atoms with E-state index in [1.807, 2.05) is 0 Å². The van der Waals surface area contributed by atoms with E-state index in [0.29, 0.717) is 22.4 Å². The van der Waals surface area contributed by atoms with Crippen LogP contribution in [0, 0.1) is 17.2 Å². The molecule has 1 aliphatic rings. The lowest BCUT2D eigenvalue weighted by Crippen LogP contribution is -2.23. The Labute approximate surface area is 173 Å². The first-order chi connectivity index (χ1) is 14.4. The van der Waals surface area contributed by atoms with Gasteiger partial charge in [-0.15, -0.1) is 0 Å². The van der Waals surface area contributed by atoms with E-state index in [9.17, 15) is 18.5 Å². The van der Waals surface area contributed by atoms with Gasteiger partial charge in [0.1, 0.15) is 5.39 Å². The van der Waals surface area contributed by atoms with Crippen molar-refractivity contribution in [2.45, 2.75) is 36.6 Å². The molecule has 4 rings (SSSR count). The molecule has 30 heavy (non-hydrogen) atoms. The van der Waals surface area contributed by atoms with Crippen molar-refractivity contribution in [1.82, 2.24) is 19.5 Å². The van der Waals surface area contributed by atoms with E-state index < -0.39 is 10.0 Å². The zero-order valence-electron chi connectivity index (χ0n) is 16.4. The highest BCUT2D eigenvalue weighted by Gasteiger charge is 2.29. The number of aromatic nitrogens is 3. The fourth-order valence-electron chi connectivity index (χ4n) is 3.97. The molecular weight excluding hydrogens is 404 g/mol. The van der Waals surface area contributed by atoms with Crippen LogP contribution in [0.4, 0.5) is 11.5 Å². The fraction of sp³-hybridized carbons (Fsp3) is 0.350. The molecule has 0 saturated heterocycles. The van der Waals surface area contributed by atoms with E-state index in [2.05, 4.69) is 26.2 Å². The average molecular weight is 427 g/mol. The zero-order valence-corrected chi connectivity index (χ0v) is 17.2. The van der Waals surface area contributed by atoms with Gasteiger partial charge in [0.25, 0.3) is 5.56 Å². The summed E-state index contributed by atoms with van der Waals surface area (Å²) in [5, 5.41) is 17.8. The van der Waals surface area contributed by atoms with Crippen LogP contribution in [-0.2, 0) is 10.0 Å². The van der Waals surface area contributed by atoms with Gasteiger partial charge in [0.2, 0.25) is 10.0 Å². The van der Waals surface area contributed by atoms with E-state index in [-0.39, 0.29) is 22.4 Å². The van der Waals surface area contributed by atoms with Gasteiger partial charge in [-0.2, -0.15) is 10.4 Å². The third-order valence-electron chi connectivity index (χ3n) is 5.54. The fourth-order valence-corrected chi connectivity index (χ4v) is 4.70. The van der Waals surface area contributed by atoms with Crippen LogP contribution in [0.1, 0.15) is 31.7 Å². The lowest BCUT2D eigenvalue weighted by Gasteiger charge is -2.27. The molecule has 10 heteroatoms. The molecule has 9 nitrogen and oxygen atoms in total.